The third-order valence-corrected chi connectivity index (χ3v) is 3.31. The Kier molecular flexibility index (Phi) is 2.59. The van der Waals surface area contributed by atoms with E-state index in [0.717, 1.165) is 29.9 Å². The van der Waals surface area contributed by atoms with E-state index in [1.165, 1.54) is 30.7 Å². The molecule has 1 aliphatic rings. The highest BCUT2D eigenvalue weighted by Gasteiger charge is 2.15. The van der Waals surface area contributed by atoms with Crippen molar-refractivity contribution in [2.75, 3.05) is 0 Å². The molecule has 92 valence electrons. The maximum Gasteiger partial charge on any atom is 0.269 e. The first-order chi connectivity index (χ1) is 8.74. The topological polar surface area (TPSA) is 71.8 Å². The molecule has 5 heteroatoms. The summed E-state index contributed by atoms with van der Waals surface area (Å²) in [5.41, 5.74) is 3.37. The lowest BCUT2D eigenvalue weighted by atomic mass is 10.0. The van der Waals surface area contributed by atoms with E-state index in [-0.39, 0.29) is 5.69 Å². The minimum atomic E-state index is -0.392. The lowest BCUT2D eigenvalue weighted by molar-refractivity contribution is -0.384. The van der Waals surface area contributed by atoms with Gasteiger partial charge in [0.05, 0.1) is 10.6 Å². The summed E-state index contributed by atoms with van der Waals surface area (Å²) >= 11 is 0. The van der Waals surface area contributed by atoms with Gasteiger partial charge in [0.15, 0.2) is 0 Å². The van der Waals surface area contributed by atoms with Gasteiger partial charge >= 0.3 is 0 Å². The number of aromatic nitrogens is 2. The van der Waals surface area contributed by atoms with E-state index in [0.29, 0.717) is 0 Å². The molecule has 0 fully saturated rings. The van der Waals surface area contributed by atoms with Crippen molar-refractivity contribution in [1.82, 2.24) is 9.97 Å². The molecule has 0 unspecified atom stereocenters. The molecule has 1 aromatic carbocycles. The number of non-ortho nitro benzene ring substituents is 1. The second-order valence-electron chi connectivity index (χ2n) is 4.52. The Balaban J connectivity index is 1.94. The quantitative estimate of drug-likeness (QED) is 0.651. The van der Waals surface area contributed by atoms with Crippen molar-refractivity contribution >= 4 is 5.69 Å². The predicted octanol–water partition coefficient (Wildman–Crippen LogP) is 2.86. The molecule has 18 heavy (non-hydrogen) atoms. The number of fused-ring (bicyclic) bond motifs is 1. The van der Waals surface area contributed by atoms with E-state index in [1.54, 1.807) is 12.1 Å². The van der Waals surface area contributed by atoms with E-state index in [9.17, 15) is 10.1 Å². The fourth-order valence-corrected chi connectivity index (χ4v) is 2.33. The number of imidazole rings is 1. The molecule has 0 bridgehead atoms. The first-order valence-electron chi connectivity index (χ1n) is 6.06. The summed E-state index contributed by atoms with van der Waals surface area (Å²) in [6.07, 6.45) is 4.47. The van der Waals surface area contributed by atoms with Crippen molar-refractivity contribution in [2.45, 2.75) is 25.7 Å². The zero-order chi connectivity index (χ0) is 12.5. The molecule has 1 aromatic heterocycles. The van der Waals surface area contributed by atoms with Crippen LogP contribution in [0.15, 0.2) is 24.3 Å². The Morgan fingerprint density at radius 1 is 1.17 bits per heavy atom. The molecule has 1 aliphatic carbocycles. The van der Waals surface area contributed by atoms with Gasteiger partial charge in [-0.2, -0.15) is 0 Å². The van der Waals surface area contributed by atoms with Gasteiger partial charge in [0.25, 0.3) is 5.69 Å². The second-order valence-corrected chi connectivity index (χ2v) is 4.52. The Bertz CT molecular complexity index is 563. The monoisotopic (exact) mass is 243 g/mol. The van der Waals surface area contributed by atoms with Gasteiger partial charge < -0.3 is 4.98 Å². The van der Waals surface area contributed by atoms with Gasteiger partial charge in [-0.3, -0.25) is 10.1 Å². The molecule has 0 amide bonds. The number of nitro benzene ring substituents is 1. The summed E-state index contributed by atoms with van der Waals surface area (Å²) in [6, 6.07) is 6.50. The Morgan fingerprint density at radius 2 is 1.89 bits per heavy atom. The lowest BCUT2D eigenvalue weighted by Gasteiger charge is -2.07. The fourth-order valence-electron chi connectivity index (χ4n) is 2.33. The summed E-state index contributed by atoms with van der Waals surface area (Å²) in [7, 11) is 0. The number of hydrogen-bond donors (Lipinski definition) is 1. The van der Waals surface area contributed by atoms with E-state index < -0.39 is 4.92 Å². The molecule has 2 aromatic rings. The van der Waals surface area contributed by atoms with Crippen LogP contribution in [0.5, 0.6) is 0 Å². The highest BCUT2D eigenvalue weighted by atomic mass is 16.6. The minimum absolute atomic E-state index is 0.107. The number of nitrogens with one attached hydrogen (secondary N) is 1. The SMILES string of the molecule is O=[N+]([O-])c1ccc(-c2nc3c([nH]2)CCCC3)cc1. The van der Waals surface area contributed by atoms with Crippen LogP contribution in [0, 0.1) is 10.1 Å². The molecule has 0 spiro atoms. The molecule has 0 atom stereocenters. The maximum absolute atomic E-state index is 10.6. The molecule has 0 aliphatic heterocycles. The summed E-state index contributed by atoms with van der Waals surface area (Å²) < 4.78 is 0. The maximum atomic E-state index is 10.6. The molecule has 0 saturated heterocycles. The van der Waals surface area contributed by atoms with E-state index in [4.69, 9.17) is 0 Å². The molecular weight excluding hydrogens is 230 g/mol. The summed E-state index contributed by atoms with van der Waals surface area (Å²) in [5, 5.41) is 10.6. The summed E-state index contributed by atoms with van der Waals surface area (Å²) in [5.74, 6) is 0.816. The molecular formula is C13H13N3O2. The van der Waals surface area contributed by atoms with Gasteiger partial charge in [0.1, 0.15) is 5.82 Å². The number of nitro groups is 1. The van der Waals surface area contributed by atoms with Crippen LogP contribution < -0.4 is 0 Å². The molecule has 1 heterocycles. The number of benzene rings is 1. The minimum Gasteiger partial charge on any atom is -0.342 e. The highest BCUT2D eigenvalue weighted by molar-refractivity contribution is 5.58. The Hall–Kier alpha value is -2.17. The van der Waals surface area contributed by atoms with Crippen LogP contribution in [0.3, 0.4) is 0 Å². The van der Waals surface area contributed by atoms with Crippen molar-refractivity contribution < 1.29 is 4.92 Å². The first kappa shape index (κ1) is 11.0. The normalized spacial score (nSPS) is 14.2. The van der Waals surface area contributed by atoms with Gasteiger partial charge in [0.2, 0.25) is 0 Å². The van der Waals surface area contributed by atoms with Crippen LogP contribution in [0.4, 0.5) is 5.69 Å². The van der Waals surface area contributed by atoms with Crippen LogP contribution in [-0.2, 0) is 12.8 Å². The lowest BCUT2D eigenvalue weighted by Crippen LogP contribution is -2.00. The third kappa shape index (κ3) is 1.88. The van der Waals surface area contributed by atoms with Crippen LogP contribution in [0.1, 0.15) is 24.2 Å². The van der Waals surface area contributed by atoms with Crippen molar-refractivity contribution in [1.29, 1.82) is 0 Å². The smallest absolute Gasteiger partial charge is 0.269 e. The number of rotatable bonds is 2. The number of aromatic amines is 1. The number of hydrogen-bond acceptors (Lipinski definition) is 3. The van der Waals surface area contributed by atoms with Crippen molar-refractivity contribution in [3.63, 3.8) is 0 Å². The predicted molar refractivity (Wildman–Crippen MR) is 67.3 cm³/mol. The molecule has 1 N–H and O–H groups in total. The van der Waals surface area contributed by atoms with Crippen LogP contribution in [0.2, 0.25) is 0 Å². The number of H-pyrrole nitrogens is 1. The molecule has 3 rings (SSSR count). The van der Waals surface area contributed by atoms with Gasteiger partial charge in [0, 0.05) is 23.4 Å². The standard InChI is InChI=1S/C13H13N3O2/c17-16(18)10-7-5-9(6-8-10)13-14-11-3-1-2-4-12(11)15-13/h5-8H,1-4H2,(H,14,15). The number of aryl methyl sites for hydroxylation is 2. The Labute approximate surface area is 104 Å². The van der Waals surface area contributed by atoms with Crippen LogP contribution in [-0.4, -0.2) is 14.9 Å². The zero-order valence-electron chi connectivity index (χ0n) is 9.85. The summed E-state index contributed by atoms with van der Waals surface area (Å²) in [6.45, 7) is 0. The second kappa shape index (κ2) is 4.25. The van der Waals surface area contributed by atoms with Gasteiger partial charge in [-0.15, -0.1) is 0 Å². The van der Waals surface area contributed by atoms with Gasteiger partial charge in [-0.05, 0) is 37.8 Å². The van der Waals surface area contributed by atoms with Crippen molar-refractivity contribution in [2.24, 2.45) is 0 Å². The van der Waals surface area contributed by atoms with E-state index >= 15 is 0 Å². The average molecular weight is 243 g/mol. The Morgan fingerprint density at radius 3 is 2.56 bits per heavy atom. The zero-order valence-corrected chi connectivity index (χ0v) is 9.85. The van der Waals surface area contributed by atoms with Gasteiger partial charge in [-0.1, -0.05) is 0 Å². The average Bonchev–Trinajstić information content (AvgIpc) is 2.82. The van der Waals surface area contributed by atoms with Crippen LogP contribution in [0.25, 0.3) is 11.4 Å². The molecule has 0 radical (unpaired) electrons. The first-order valence-corrected chi connectivity index (χ1v) is 6.06. The molecule has 0 saturated carbocycles. The third-order valence-electron chi connectivity index (χ3n) is 3.31. The van der Waals surface area contributed by atoms with Crippen molar-refractivity contribution in [3.05, 3.63) is 45.8 Å². The van der Waals surface area contributed by atoms with Crippen LogP contribution >= 0.6 is 0 Å². The largest absolute Gasteiger partial charge is 0.342 e. The highest BCUT2D eigenvalue weighted by Crippen LogP contribution is 2.25. The number of nitrogens with zero attached hydrogens (tertiary/aromatic N) is 2. The van der Waals surface area contributed by atoms with E-state index in [1.807, 2.05) is 0 Å². The molecule has 5 nitrogen and oxygen atoms in total. The van der Waals surface area contributed by atoms with E-state index in [2.05, 4.69) is 9.97 Å². The fraction of sp³-hybridized carbons (Fsp3) is 0.308. The van der Waals surface area contributed by atoms with Crippen molar-refractivity contribution in [3.8, 4) is 11.4 Å². The van der Waals surface area contributed by atoms with Gasteiger partial charge in [-0.25, -0.2) is 4.98 Å². The summed E-state index contributed by atoms with van der Waals surface area (Å²) in [4.78, 5) is 18.1.